The van der Waals surface area contributed by atoms with Gasteiger partial charge in [-0.3, -0.25) is 4.79 Å². The third-order valence-electron chi connectivity index (χ3n) is 5.46. The number of methoxy groups -OCH3 is 3. The van der Waals surface area contributed by atoms with E-state index in [4.69, 9.17) is 18.7 Å². The molecular formula is C23H25N3O5. The highest BCUT2D eigenvalue weighted by Crippen LogP contribution is 2.34. The van der Waals surface area contributed by atoms with E-state index in [2.05, 4.69) is 10.1 Å². The molecule has 1 aromatic heterocycles. The molecule has 0 aliphatic carbocycles. The van der Waals surface area contributed by atoms with Crippen LogP contribution >= 0.6 is 0 Å². The number of benzene rings is 2. The Morgan fingerprint density at radius 2 is 1.84 bits per heavy atom. The minimum atomic E-state index is -0.216. The first-order chi connectivity index (χ1) is 15.1. The number of ether oxygens (including phenoxy) is 3. The Balaban J connectivity index is 1.50. The maximum atomic E-state index is 13.0. The first-order valence-electron chi connectivity index (χ1n) is 10.1. The zero-order chi connectivity index (χ0) is 21.8. The van der Waals surface area contributed by atoms with Gasteiger partial charge in [0.25, 0.3) is 0 Å². The molecule has 31 heavy (non-hydrogen) atoms. The topological polar surface area (TPSA) is 86.9 Å². The third kappa shape index (κ3) is 4.33. The molecule has 1 atom stereocenters. The van der Waals surface area contributed by atoms with Crippen molar-refractivity contribution >= 4 is 5.91 Å². The quantitative estimate of drug-likeness (QED) is 0.573. The van der Waals surface area contributed by atoms with Crippen molar-refractivity contribution in [2.45, 2.75) is 25.3 Å². The Morgan fingerprint density at radius 3 is 2.55 bits per heavy atom. The second-order valence-corrected chi connectivity index (χ2v) is 7.30. The molecular weight excluding hydrogens is 398 g/mol. The van der Waals surface area contributed by atoms with Crippen molar-refractivity contribution in [1.82, 2.24) is 15.0 Å². The Kier molecular flexibility index (Phi) is 6.06. The van der Waals surface area contributed by atoms with E-state index in [-0.39, 0.29) is 11.9 Å². The molecule has 0 bridgehead atoms. The fourth-order valence-electron chi connectivity index (χ4n) is 3.80. The molecule has 0 spiro atoms. The molecule has 0 saturated carbocycles. The van der Waals surface area contributed by atoms with Gasteiger partial charge in [-0.05, 0) is 48.7 Å². The number of nitrogens with zero attached hydrogens (tertiary/aromatic N) is 3. The van der Waals surface area contributed by atoms with Crippen LogP contribution in [-0.2, 0) is 11.2 Å². The van der Waals surface area contributed by atoms with Crippen molar-refractivity contribution in [1.29, 1.82) is 0 Å². The van der Waals surface area contributed by atoms with Crippen LogP contribution in [0.3, 0.4) is 0 Å². The van der Waals surface area contributed by atoms with Crippen LogP contribution in [0.1, 0.15) is 30.3 Å². The number of carbonyl (C=O) groups is 1. The summed E-state index contributed by atoms with van der Waals surface area (Å²) in [6.45, 7) is 0.674. The summed E-state index contributed by atoms with van der Waals surface area (Å²) in [5.74, 6) is 2.92. The summed E-state index contributed by atoms with van der Waals surface area (Å²) in [6, 6.07) is 12.8. The maximum Gasteiger partial charge on any atom is 0.249 e. The van der Waals surface area contributed by atoms with Gasteiger partial charge < -0.3 is 23.6 Å². The van der Waals surface area contributed by atoms with E-state index in [1.807, 2.05) is 35.2 Å². The number of aromatic nitrogens is 2. The first kappa shape index (κ1) is 20.7. The molecule has 2 heterocycles. The molecule has 1 fully saturated rings. The van der Waals surface area contributed by atoms with Gasteiger partial charge >= 0.3 is 0 Å². The third-order valence-corrected chi connectivity index (χ3v) is 5.46. The minimum Gasteiger partial charge on any atom is -0.497 e. The first-order valence-corrected chi connectivity index (χ1v) is 10.1. The lowest BCUT2D eigenvalue weighted by Gasteiger charge is -2.22. The van der Waals surface area contributed by atoms with Crippen LogP contribution in [0.4, 0.5) is 0 Å². The molecule has 1 aliphatic heterocycles. The number of hydrogen-bond acceptors (Lipinski definition) is 7. The molecule has 1 saturated heterocycles. The molecule has 1 aliphatic rings. The van der Waals surface area contributed by atoms with Crippen molar-refractivity contribution < 1.29 is 23.5 Å². The van der Waals surface area contributed by atoms with Crippen LogP contribution in [0.5, 0.6) is 17.2 Å². The maximum absolute atomic E-state index is 13.0. The van der Waals surface area contributed by atoms with E-state index in [0.29, 0.717) is 36.2 Å². The predicted molar refractivity (Wildman–Crippen MR) is 113 cm³/mol. The van der Waals surface area contributed by atoms with Crippen LogP contribution in [0, 0.1) is 0 Å². The summed E-state index contributed by atoms with van der Waals surface area (Å²) in [6.07, 6.45) is 2.01. The summed E-state index contributed by atoms with van der Waals surface area (Å²) in [7, 11) is 4.78. The van der Waals surface area contributed by atoms with Crippen molar-refractivity contribution in [2.75, 3.05) is 27.9 Å². The van der Waals surface area contributed by atoms with Gasteiger partial charge in [-0.25, -0.2) is 0 Å². The molecule has 3 aromatic rings. The number of carbonyl (C=O) groups excluding carboxylic acids is 1. The fourth-order valence-corrected chi connectivity index (χ4v) is 3.80. The van der Waals surface area contributed by atoms with E-state index in [1.165, 1.54) is 0 Å². The Morgan fingerprint density at radius 1 is 1.06 bits per heavy atom. The van der Waals surface area contributed by atoms with Crippen LogP contribution in [-0.4, -0.2) is 48.8 Å². The minimum absolute atomic E-state index is 0.0403. The number of rotatable bonds is 7. The van der Waals surface area contributed by atoms with Gasteiger partial charge in [-0.1, -0.05) is 17.3 Å². The molecule has 0 radical (unpaired) electrons. The Labute approximate surface area is 180 Å². The van der Waals surface area contributed by atoms with Gasteiger partial charge in [0.1, 0.15) is 11.8 Å². The highest BCUT2D eigenvalue weighted by molar-refractivity contribution is 5.79. The highest BCUT2D eigenvalue weighted by atomic mass is 16.5. The van der Waals surface area contributed by atoms with Gasteiger partial charge in [0.05, 0.1) is 27.8 Å². The average Bonchev–Trinajstić information content (AvgIpc) is 3.48. The second kappa shape index (κ2) is 9.07. The summed E-state index contributed by atoms with van der Waals surface area (Å²) in [4.78, 5) is 19.4. The van der Waals surface area contributed by atoms with Gasteiger partial charge in [0, 0.05) is 12.1 Å². The van der Waals surface area contributed by atoms with Gasteiger partial charge in [0.15, 0.2) is 11.5 Å². The predicted octanol–water partition coefficient (Wildman–Crippen LogP) is 3.67. The lowest BCUT2D eigenvalue weighted by atomic mass is 10.1. The van der Waals surface area contributed by atoms with Crippen LogP contribution in [0.15, 0.2) is 47.0 Å². The van der Waals surface area contributed by atoms with E-state index in [0.717, 1.165) is 29.7 Å². The van der Waals surface area contributed by atoms with Crippen LogP contribution < -0.4 is 14.2 Å². The molecule has 2 aromatic carbocycles. The molecule has 4 rings (SSSR count). The number of hydrogen-bond donors (Lipinski definition) is 0. The Hall–Kier alpha value is -3.55. The van der Waals surface area contributed by atoms with E-state index < -0.39 is 0 Å². The lowest BCUT2D eigenvalue weighted by molar-refractivity contribution is -0.131. The molecule has 0 N–H and O–H groups in total. The van der Waals surface area contributed by atoms with Crippen molar-refractivity contribution in [2.24, 2.45) is 0 Å². The summed E-state index contributed by atoms with van der Waals surface area (Å²) < 4.78 is 21.4. The molecule has 162 valence electrons. The second-order valence-electron chi connectivity index (χ2n) is 7.30. The smallest absolute Gasteiger partial charge is 0.249 e. The van der Waals surface area contributed by atoms with E-state index >= 15 is 0 Å². The zero-order valence-corrected chi connectivity index (χ0v) is 17.8. The molecule has 1 unspecified atom stereocenters. The van der Waals surface area contributed by atoms with Gasteiger partial charge in [-0.2, -0.15) is 4.98 Å². The van der Waals surface area contributed by atoms with Crippen LogP contribution in [0.2, 0.25) is 0 Å². The normalized spacial score (nSPS) is 15.7. The summed E-state index contributed by atoms with van der Waals surface area (Å²) >= 11 is 0. The largest absolute Gasteiger partial charge is 0.497 e. The van der Waals surface area contributed by atoms with E-state index in [9.17, 15) is 4.79 Å². The average molecular weight is 423 g/mol. The molecule has 8 heteroatoms. The van der Waals surface area contributed by atoms with Crippen molar-refractivity contribution in [3.63, 3.8) is 0 Å². The van der Waals surface area contributed by atoms with E-state index in [1.54, 1.807) is 33.5 Å². The van der Waals surface area contributed by atoms with Crippen molar-refractivity contribution in [3.05, 3.63) is 53.9 Å². The summed E-state index contributed by atoms with van der Waals surface area (Å²) in [5, 5.41) is 4.12. The Bertz CT molecular complexity index is 1050. The van der Waals surface area contributed by atoms with Crippen LogP contribution in [0.25, 0.3) is 11.4 Å². The molecule has 1 amide bonds. The van der Waals surface area contributed by atoms with Gasteiger partial charge in [0.2, 0.25) is 17.6 Å². The zero-order valence-electron chi connectivity index (χ0n) is 17.8. The summed E-state index contributed by atoms with van der Waals surface area (Å²) in [5.41, 5.74) is 1.69. The standard InChI is InChI=1S/C23H25N3O5/c1-28-17-9-6-15(7-10-17)13-21(27)26-12-4-5-18(26)23-24-22(25-31-23)16-8-11-19(29-2)20(14-16)30-3/h6-11,14,18H,4-5,12-13H2,1-3H3. The monoisotopic (exact) mass is 423 g/mol. The number of amides is 1. The fraction of sp³-hybridized carbons (Fsp3) is 0.348. The highest BCUT2D eigenvalue weighted by Gasteiger charge is 2.34. The van der Waals surface area contributed by atoms with Gasteiger partial charge in [-0.15, -0.1) is 0 Å². The molecule has 8 nitrogen and oxygen atoms in total. The number of likely N-dealkylation sites (tertiary alicyclic amines) is 1. The SMILES string of the molecule is COc1ccc(CC(=O)N2CCCC2c2nc(-c3ccc(OC)c(OC)c3)no2)cc1. The lowest BCUT2D eigenvalue weighted by Crippen LogP contribution is -2.32. The van der Waals surface area contributed by atoms with Crippen molar-refractivity contribution in [3.8, 4) is 28.6 Å².